The quantitative estimate of drug-likeness (QED) is 0.523. The van der Waals surface area contributed by atoms with Gasteiger partial charge in [-0.2, -0.15) is 0 Å². The Morgan fingerprint density at radius 3 is 2.35 bits per heavy atom. The lowest BCUT2D eigenvalue weighted by Gasteiger charge is -2.35. The zero-order valence-electron chi connectivity index (χ0n) is 14.7. The van der Waals surface area contributed by atoms with E-state index in [0.717, 1.165) is 36.3 Å². The number of carboxylic acids is 2. The third-order valence-electron chi connectivity index (χ3n) is 3.45. The van der Waals surface area contributed by atoms with Gasteiger partial charge >= 0.3 is 11.9 Å². The molecule has 1 aliphatic heterocycles. The smallest absolute Gasteiger partial charge is 0.414 e. The van der Waals surface area contributed by atoms with E-state index in [1.54, 1.807) is 0 Å². The summed E-state index contributed by atoms with van der Waals surface area (Å²) in [5, 5.41) is 15.4. The zero-order chi connectivity index (χ0) is 19.7. The highest BCUT2D eigenvalue weighted by molar-refractivity contribution is 9.10. The van der Waals surface area contributed by atoms with Crippen molar-refractivity contribution in [2.45, 2.75) is 32.5 Å². The molecular weight excluding hydrogens is 430 g/mol. The summed E-state index contributed by atoms with van der Waals surface area (Å²) in [6.45, 7) is 7.97. The van der Waals surface area contributed by atoms with E-state index < -0.39 is 11.9 Å². The van der Waals surface area contributed by atoms with Crippen LogP contribution in [0.3, 0.4) is 0 Å². The molecule has 0 aliphatic carbocycles. The third kappa shape index (κ3) is 8.84. The molecule has 2 N–H and O–H groups in total. The summed E-state index contributed by atoms with van der Waals surface area (Å²) in [7, 11) is 0. The lowest BCUT2D eigenvalue weighted by Crippen LogP contribution is -2.45. The summed E-state index contributed by atoms with van der Waals surface area (Å²) < 4.78 is 12.4. The fraction of sp³-hybridized carbons (Fsp3) is 0.529. The maximum absolute atomic E-state index is 9.10. The van der Waals surface area contributed by atoms with Crippen molar-refractivity contribution in [2.24, 2.45) is 0 Å². The fourth-order valence-corrected chi connectivity index (χ4v) is 3.26. The van der Waals surface area contributed by atoms with Gasteiger partial charge in [-0.15, -0.1) is 0 Å². The number of carbonyl (C=O) groups is 2. The van der Waals surface area contributed by atoms with Crippen LogP contribution in [0.5, 0.6) is 5.75 Å². The number of morpholine rings is 1. The standard InChI is InChI=1S/C15H21BrClNO2.C2H2O4/c1-11-9-18(10-12(2)20-11)6-3-7-19-15-5-4-13(16)8-14(15)17;3-1(4)2(5)6/h4-5,8,11-12H,3,6-7,9-10H2,1-2H3;(H,3,4)(H,5,6). The molecule has 0 spiro atoms. The molecule has 0 bridgehead atoms. The predicted octanol–water partition coefficient (Wildman–Crippen LogP) is 3.14. The Balaban J connectivity index is 0.000000487. The van der Waals surface area contributed by atoms with Crippen LogP contribution in [-0.2, 0) is 14.3 Å². The summed E-state index contributed by atoms with van der Waals surface area (Å²) >= 11 is 9.50. The largest absolute Gasteiger partial charge is 0.492 e. The first kappa shape index (κ1) is 22.7. The Labute approximate surface area is 166 Å². The molecular formula is C17H23BrClNO6. The number of halogens is 2. The van der Waals surface area contributed by atoms with Gasteiger partial charge in [0.1, 0.15) is 5.75 Å². The minimum Gasteiger partial charge on any atom is -0.492 e. The highest BCUT2D eigenvalue weighted by Gasteiger charge is 2.21. The van der Waals surface area contributed by atoms with Crippen molar-refractivity contribution in [3.05, 3.63) is 27.7 Å². The van der Waals surface area contributed by atoms with Crippen LogP contribution < -0.4 is 4.74 Å². The molecule has 0 amide bonds. The minimum atomic E-state index is -1.82. The van der Waals surface area contributed by atoms with Crippen molar-refractivity contribution in [1.29, 1.82) is 0 Å². The van der Waals surface area contributed by atoms with Crippen LogP contribution in [0.4, 0.5) is 0 Å². The van der Waals surface area contributed by atoms with Crippen molar-refractivity contribution < 1.29 is 29.3 Å². The molecule has 2 rings (SSSR count). The maximum atomic E-state index is 9.10. The van der Waals surface area contributed by atoms with Gasteiger partial charge in [-0.1, -0.05) is 27.5 Å². The predicted molar refractivity (Wildman–Crippen MR) is 101 cm³/mol. The van der Waals surface area contributed by atoms with E-state index in [0.29, 0.717) is 23.8 Å². The first-order valence-electron chi connectivity index (χ1n) is 8.11. The van der Waals surface area contributed by atoms with E-state index in [-0.39, 0.29) is 0 Å². The number of nitrogens with zero attached hydrogens (tertiary/aromatic N) is 1. The molecule has 2 atom stereocenters. The lowest BCUT2D eigenvalue weighted by atomic mass is 10.2. The molecule has 1 heterocycles. The van der Waals surface area contributed by atoms with Gasteiger partial charge in [0.15, 0.2) is 0 Å². The SMILES string of the molecule is CC1CN(CCCOc2ccc(Br)cc2Cl)CC(C)O1.O=C(O)C(=O)O. The third-order valence-corrected chi connectivity index (χ3v) is 4.24. The van der Waals surface area contributed by atoms with Crippen LogP contribution in [0.25, 0.3) is 0 Å². The van der Waals surface area contributed by atoms with Gasteiger partial charge in [-0.25, -0.2) is 9.59 Å². The van der Waals surface area contributed by atoms with Gasteiger partial charge < -0.3 is 19.7 Å². The number of hydrogen-bond acceptors (Lipinski definition) is 5. The van der Waals surface area contributed by atoms with Crippen molar-refractivity contribution in [3.63, 3.8) is 0 Å². The van der Waals surface area contributed by atoms with Crippen molar-refractivity contribution in [3.8, 4) is 5.75 Å². The summed E-state index contributed by atoms with van der Waals surface area (Å²) in [6.07, 6.45) is 1.63. The average molecular weight is 453 g/mol. The number of rotatable bonds is 5. The molecule has 1 aromatic carbocycles. The van der Waals surface area contributed by atoms with Crippen LogP contribution >= 0.6 is 27.5 Å². The molecule has 0 aromatic heterocycles. The van der Waals surface area contributed by atoms with Crippen LogP contribution in [0.1, 0.15) is 20.3 Å². The van der Waals surface area contributed by atoms with E-state index in [2.05, 4.69) is 34.7 Å². The Kier molecular flexibility index (Phi) is 9.93. The van der Waals surface area contributed by atoms with Crippen LogP contribution in [0.2, 0.25) is 5.02 Å². The topological polar surface area (TPSA) is 96.3 Å². The van der Waals surface area contributed by atoms with E-state index in [9.17, 15) is 0 Å². The van der Waals surface area contributed by atoms with Gasteiger partial charge in [0.05, 0.1) is 23.8 Å². The number of hydrogen-bond donors (Lipinski definition) is 2. The molecule has 2 unspecified atom stereocenters. The molecule has 0 saturated carbocycles. The Hall–Kier alpha value is -1.35. The number of carboxylic acid groups (broad SMARTS) is 2. The van der Waals surface area contributed by atoms with E-state index >= 15 is 0 Å². The highest BCUT2D eigenvalue weighted by Crippen LogP contribution is 2.27. The van der Waals surface area contributed by atoms with E-state index in [1.807, 2.05) is 18.2 Å². The van der Waals surface area contributed by atoms with Gasteiger partial charge in [-0.05, 0) is 38.5 Å². The van der Waals surface area contributed by atoms with Gasteiger partial charge in [0.2, 0.25) is 0 Å². The number of ether oxygens (including phenoxy) is 2. The molecule has 1 fully saturated rings. The lowest BCUT2D eigenvalue weighted by molar-refractivity contribution is -0.159. The van der Waals surface area contributed by atoms with Crippen LogP contribution in [0.15, 0.2) is 22.7 Å². The first-order valence-corrected chi connectivity index (χ1v) is 9.28. The number of benzene rings is 1. The fourth-order valence-electron chi connectivity index (χ4n) is 2.53. The summed E-state index contributed by atoms with van der Waals surface area (Å²) in [5.74, 6) is -2.90. The average Bonchev–Trinajstić information content (AvgIpc) is 2.52. The van der Waals surface area contributed by atoms with Crippen molar-refractivity contribution >= 4 is 39.5 Å². The highest BCUT2D eigenvalue weighted by atomic mass is 79.9. The van der Waals surface area contributed by atoms with E-state index in [4.69, 9.17) is 40.9 Å². The molecule has 9 heteroatoms. The van der Waals surface area contributed by atoms with Gasteiger partial charge in [0.25, 0.3) is 0 Å². The number of aliphatic carboxylic acids is 2. The second kappa shape index (κ2) is 11.4. The van der Waals surface area contributed by atoms with Gasteiger partial charge in [-0.3, -0.25) is 4.90 Å². The summed E-state index contributed by atoms with van der Waals surface area (Å²) in [4.78, 5) is 20.6. The van der Waals surface area contributed by atoms with Crippen molar-refractivity contribution in [1.82, 2.24) is 4.90 Å². The Morgan fingerprint density at radius 1 is 1.27 bits per heavy atom. The zero-order valence-corrected chi connectivity index (χ0v) is 17.0. The molecule has 146 valence electrons. The first-order chi connectivity index (χ1) is 12.2. The van der Waals surface area contributed by atoms with Crippen LogP contribution in [0, 0.1) is 0 Å². The molecule has 1 aromatic rings. The molecule has 1 saturated heterocycles. The van der Waals surface area contributed by atoms with E-state index in [1.165, 1.54) is 0 Å². The van der Waals surface area contributed by atoms with Gasteiger partial charge in [0, 0.05) is 24.1 Å². The summed E-state index contributed by atoms with van der Waals surface area (Å²) in [5.41, 5.74) is 0. The van der Waals surface area contributed by atoms with Crippen LogP contribution in [-0.4, -0.2) is 65.5 Å². The molecule has 1 aliphatic rings. The Bertz CT molecular complexity index is 593. The molecule has 7 nitrogen and oxygen atoms in total. The maximum Gasteiger partial charge on any atom is 0.414 e. The molecule has 26 heavy (non-hydrogen) atoms. The Morgan fingerprint density at radius 2 is 1.85 bits per heavy atom. The normalized spacial score (nSPS) is 20.0. The second-order valence-corrected chi connectivity index (χ2v) is 7.23. The molecule has 0 radical (unpaired) electrons. The minimum absolute atomic E-state index is 0.320. The summed E-state index contributed by atoms with van der Waals surface area (Å²) in [6, 6.07) is 5.68. The monoisotopic (exact) mass is 451 g/mol. The van der Waals surface area contributed by atoms with Crippen molar-refractivity contribution in [2.75, 3.05) is 26.2 Å². The second-order valence-electron chi connectivity index (χ2n) is 5.90.